The van der Waals surface area contributed by atoms with E-state index in [2.05, 4.69) is 75.6 Å². The predicted octanol–water partition coefficient (Wildman–Crippen LogP) is 3.94. The average Bonchev–Trinajstić information content (AvgIpc) is 2.35. The zero-order chi connectivity index (χ0) is 14.8. The van der Waals surface area contributed by atoms with Crippen molar-refractivity contribution < 1.29 is 0 Å². The van der Waals surface area contributed by atoms with Crippen molar-refractivity contribution in [1.29, 1.82) is 0 Å². The van der Waals surface area contributed by atoms with E-state index in [1.54, 1.807) is 0 Å². The fraction of sp³-hybridized carbons (Fsp3) is 0.471. The van der Waals surface area contributed by atoms with Crippen LogP contribution in [0.3, 0.4) is 0 Å². The van der Waals surface area contributed by atoms with Crippen LogP contribution in [0.5, 0.6) is 0 Å². The van der Waals surface area contributed by atoms with Gasteiger partial charge in [-0.3, -0.25) is 0 Å². The van der Waals surface area contributed by atoms with Gasteiger partial charge in [0.1, 0.15) is 5.82 Å². The molecule has 0 saturated heterocycles. The second-order valence-corrected chi connectivity index (χ2v) is 6.59. The summed E-state index contributed by atoms with van der Waals surface area (Å²) < 4.78 is 0. The number of hydrogen-bond donors (Lipinski definition) is 2. The molecule has 1 aromatic carbocycles. The van der Waals surface area contributed by atoms with Crippen molar-refractivity contribution in [3.8, 4) is 0 Å². The molecule has 1 aromatic heterocycles. The van der Waals surface area contributed by atoms with E-state index in [4.69, 9.17) is 4.98 Å². The normalized spacial score (nSPS) is 12.1. The molecular formula is C17H25N3. The second kappa shape index (κ2) is 5.80. The summed E-state index contributed by atoms with van der Waals surface area (Å²) in [6.45, 7) is 11.6. The van der Waals surface area contributed by atoms with Crippen LogP contribution in [0.1, 0.15) is 40.3 Å². The minimum atomic E-state index is 0.0962. The number of nitrogens with zero attached hydrogens (tertiary/aromatic N) is 1. The lowest BCUT2D eigenvalue weighted by Crippen LogP contribution is -2.35. The summed E-state index contributed by atoms with van der Waals surface area (Å²) in [6, 6.07) is 10.9. The van der Waals surface area contributed by atoms with Gasteiger partial charge < -0.3 is 10.6 Å². The topological polar surface area (TPSA) is 37.0 Å². The van der Waals surface area contributed by atoms with E-state index in [0.717, 1.165) is 18.1 Å². The molecule has 108 valence electrons. The maximum Gasteiger partial charge on any atom is 0.134 e. The molecular weight excluding hydrogens is 246 g/mol. The van der Waals surface area contributed by atoms with Crippen molar-refractivity contribution in [2.24, 2.45) is 0 Å². The van der Waals surface area contributed by atoms with Crippen LogP contribution in [0.4, 0.5) is 5.82 Å². The Kier molecular flexibility index (Phi) is 4.29. The van der Waals surface area contributed by atoms with Crippen molar-refractivity contribution in [3.63, 3.8) is 0 Å². The lowest BCUT2D eigenvalue weighted by molar-refractivity contribution is 0.421. The van der Waals surface area contributed by atoms with Gasteiger partial charge in [-0.15, -0.1) is 0 Å². The molecule has 3 heteroatoms. The van der Waals surface area contributed by atoms with Crippen molar-refractivity contribution in [1.82, 2.24) is 10.3 Å². The van der Waals surface area contributed by atoms with E-state index in [0.29, 0.717) is 6.04 Å². The SMILES string of the molecule is CC(C)Nc1nc(CNC(C)(C)C)cc2ccccc12. The summed E-state index contributed by atoms with van der Waals surface area (Å²) in [6.07, 6.45) is 0. The average molecular weight is 271 g/mol. The molecule has 1 heterocycles. The number of hydrogen-bond acceptors (Lipinski definition) is 3. The lowest BCUT2D eigenvalue weighted by atomic mass is 10.1. The van der Waals surface area contributed by atoms with E-state index in [-0.39, 0.29) is 5.54 Å². The van der Waals surface area contributed by atoms with Crippen LogP contribution in [0.2, 0.25) is 0 Å². The quantitative estimate of drug-likeness (QED) is 0.884. The van der Waals surface area contributed by atoms with Crippen molar-refractivity contribution in [2.45, 2.75) is 52.7 Å². The molecule has 0 radical (unpaired) electrons. The molecule has 0 bridgehead atoms. The van der Waals surface area contributed by atoms with Crippen LogP contribution in [0, 0.1) is 0 Å². The lowest BCUT2D eigenvalue weighted by Gasteiger charge is -2.21. The highest BCUT2D eigenvalue weighted by Crippen LogP contribution is 2.23. The summed E-state index contributed by atoms with van der Waals surface area (Å²) in [5.41, 5.74) is 1.17. The third kappa shape index (κ3) is 3.94. The Morgan fingerprint density at radius 3 is 2.50 bits per heavy atom. The monoisotopic (exact) mass is 271 g/mol. The first-order valence-corrected chi connectivity index (χ1v) is 7.25. The van der Waals surface area contributed by atoms with Crippen LogP contribution in [0.25, 0.3) is 10.8 Å². The Hall–Kier alpha value is -1.61. The molecule has 0 saturated carbocycles. The molecule has 2 rings (SSSR count). The van der Waals surface area contributed by atoms with Crippen LogP contribution in [0.15, 0.2) is 30.3 Å². The smallest absolute Gasteiger partial charge is 0.134 e. The van der Waals surface area contributed by atoms with Gasteiger partial charge in [0.15, 0.2) is 0 Å². The number of rotatable bonds is 4. The molecule has 0 spiro atoms. The van der Waals surface area contributed by atoms with E-state index in [1.807, 2.05) is 0 Å². The van der Waals surface area contributed by atoms with Crippen molar-refractivity contribution >= 4 is 16.6 Å². The standard InChI is InChI=1S/C17H25N3/c1-12(2)19-16-15-9-7-6-8-13(15)10-14(20-16)11-18-17(3,4)5/h6-10,12,18H,11H2,1-5H3,(H,19,20). The first kappa shape index (κ1) is 14.8. The number of anilines is 1. The molecule has 0 atom stereocenters. The molecule has 20 heavy (non-hydrogen) atoms. The molecule has 0 aliphatic carbocycles. The Balaban J connectivity index is 2.36. The summed E-state index contributed by atoms with van der Waals surface area (Å²) in [5.74, 6) is 0.976. The Labute approximate surface area is 121 Å². The third-order valence-electron chi connectivity index (χ3n) is 3.02. The van der Waals surface area contributed by atoms with Crippen molar-refractivity contribution in [2.75, 3.05) is 5.32 Å². The van der Waals surface area contributed by atoms with E-state index < -0.39 is 0 Å². The summed E-state index contributed by atoms with van der Waals surface area (Å²) in [5, 5.41) is 9.35. The zero-order valence-corrected chi connectivity index (χ0v) is 13.1. The Bertz CT molecular complexity index is 582. The van der Waals surface area contributed by atoms with Gasteiger partial charge >= 0.3 is 0 Å². The number of benzene rings is 1. The van der Waals surface area contributed by atoms with Crippen LogP contribution in [-0.2, 0) is 6.54 Å². The number of nitrogens with one attached hydrogen (secondary N) is 2. The number of aromatic nitrogens is 1. The first-order chi connectivity index (χ1) is 9.35. The maximum atomic E-state index is 4.77. The predicted molar refractivity (Wildman–Crippen MR) is 87.1 cm³/mol. The molecule has 2 N–H and O–H groups in total. The van der Waals surface area contributed by atoms with Gasteiger partial charge in [-0.1, -0.05) is 24.3 Å². The number of fused-ring (bicyclic) bond motifs is 1. The van der Waals surface area contributed by atoms with Gasteiger partial charge in [0.2, 0.25) is 0 Å². The molecule has 2 aromatic rings. The van der Waals surface area contributed by atoms with Crippen LogP contribution >= 0.6 is 0 Å². The van der Waals surface area contributed by atoms with Gasteiger partial charge in [-0.05, 0) is 46.1 Å². The van der Waals surface area contributed by atoms with E-state index in [1.165, 1.54) is 10.8 Å². The van der Waals surface area contributed by atoms with Gasteiger partial charge in [0.25, 0.3) is 0 Å². The minimum Gasteiger partial charge on any atom is -0.367 e. The molecule has 0 amide bonds. The fourth-order valence-corrected chi connectivity index (χ4v) is 2.08. The maximum absolute atomic E-state index is 4.77. The zero-order valence-electron chi connectivity index (χ0n) is 13.1. The Morgan fingerprint density at radius 1 is 1.15 bits per heavy atom. The first-order valence-electron chi connectivity index (χ1n) is 7.25. The largest absolute Gasteiger partial charge is 0.367 e. The third-order valence-corrected chi connectivity index (χ3v) is 3.02. The van der Waals surface area contributed by atoms with Gasteiger partial charge in [0.05, 0.1) is 5.69 Å². The van der Waals surface area contributed by atoms with Crippen molar-refractivity contribution in [3.05, 3.63) is 36.0 Å². The molecule has 0 aliphatic heterocycles. The summed E-state index contributed by atoms with van der Waals surface area (Å²) in [4.78, 5) is 4.77. The number of pyridine rings is 1. The highest BCUT2D eigenvalue weighted by molar-refractivity contribution is 5.92. The fourth-order valence-electron chi connectivity index (χ4n) is 2.08. The molecule has 0 fully saturated rings. The van der Waals surface area contributed by atoms with Gasteiger partial charge in [-0.2, -0.15) is 0 Å². The highest BCUT2D eigenvalue weighted by atomic mass is 15.0. The second-order valence-electron chi connectivity index (χ2n) is 6.59. The Morgan fingerprint density at radius 2 is 1.85 bits per heavy atom. The van der Waals surface area contributed by atoms with Crippen LogP contribution in [-0.4, -0.2) is 16.6 Å². The van der Waals surface area contributed by atoms with E-state index in [9.17, 15) is 0 Å². The highest BCUT2D eigenvalue weighted by Gasteiger charge is 2.11. The molecule has 3 nitrogen and oxygen atoms in total. The summed E-state index contributed by atoms with van der Waals surface area (Å²) >= 11 is 0. The molecule has 0 unspecified atom stereocenters. The van der Waals surface area contributed by atoms with Crippen LogP contribution < -0.4 is 10.6 Å². The molecule has 0 aliphatic rings. The van der Waals surface area contributed by atoms with Gasteiger partial charge in [0, 0.05) is 23.5 Å². The van der Waals surface area contributed by atoms with E-state index >= 15 is 0 Å². The summed E-state index contributed by atoms with van der Waals surface area (Å²) in [7, 11) is 0. The minimum absolute atomic E-state index is 0.0962. The van der Waals surface area contributed by atoms with Gasteiger partial charge in [-0.25, -0.2) is 4.98 Å².